The van der Waals surface area contributed by atoms with Gasteiger partial charge < -0.3 is 15.1 Å². The van der Waals surface area contributed by atoms with Gasteiger partial charge in [-0.2, -0.15) is 0 Å². The van der Waals surface area contributed by atoms with Crippen LogP contribution in [0.1, 0.15) is 44.1 Å². The van der Waals surface area contributed by atoms with Crippen molar-refractivity contribution in [2.24, 2.45) is 4.99 Å². The largest absolute Gasteiger partial charge is 0.355 e. The first kappa shape index (κ1) is 22.1. The molecule has 2 heterocycles. The van der Waals surface area contributed by atoms with E-state index >= 15 is 0 Å². The van der Waals surface area contributed by atoms with Crippen LogP contribution in [0.5, 0.6) is 0 Å². The molecule has 2 saturated heterocycles. The van der Waals surface area contributed by atoms with Crippen molar-refractivity contribution < 1.29 is 9.18 Å². The standard InChI is InChI=1S/C24H36FN5O/c1-26-23(27-19-24(10-11-24)20-8-4-5-9-21(20)25)30-16-14-28(15-17-30)18-22(31)29-12-6-2-3-7-13-29/h4-5,8-9H,2-3,6-7,10-19H2,1H3,(H,26,27). The molecule has 1 amide bonds. The van der Waals surface area contributed by atoms with E-state index in [2.05, 4.69) is 25.0 Å². The molecule has 1 aromatic rings. The Morgan fingerprint density at radius 2 is 1.68 bits per heavy atom. The van der Waals surface area contributed by atoms with E-state index in [1.807, 2.05) is 12.1 Å². The number of benzene rings is 1. The van der Waals surface area contributed by atoms with Crippen molar-refractivity contribution >= 4 is 11.9 Å². The van der Waals surface area contributed by atoms with Gasteiger partial charge in [-0.15, -0.1) is 0 Å². The second-order valence-electron chi connectivity index (χ2n) is 9.22. The zero-order valence-corrected chi connectivity index (χ0v) is 18.8. The number of carbonyl (C=O) groups excluding carboxylic acids is 1. The van der Waals surface area contributed by atoms with Crippen molar-refractivity contribution in [3.05, 3.63) is 35.6 Å². The third-order valence-electron chi connectivity index (χ3n) is 7.08. The molecule has 0 bridgehead atoms. The van der Waals surface area contributed by atoms with Gasteiger partial charge in [0.05, 0.1) is 6.54 Å². The molecule has 31 heavy (non-hydrogen) atoms. The number of piperazine rings is 1. The molecular weight excluding hydrogens is 393 g/mol. The number of aliphatic imine (C=N–C) groups is 1. The van der Waals surface area contributed by atoms with Crippen LogP contribution in [0, 0.1) is 5.82 Å². The van der Waals surface area contributed by atoms with Gasteiger partial charge in [0.15, 0.2) is 5.96 Å². The van der Waals surface area contributed by atoms with Crippen LogP contribution in [0.15, 0.2) is 29.3 Å². The summed E-state index contributed by atoms with van der Waals surface area (Å²) >= 11 is 0. The van der Waals surface area contributed by atoms with E-state index in [-0.39, 0.29) is 17.1 Å². The number of hydrogen-bond donors (Lipinski definition) is 1. The Kier molecular flexibility index (Phi) is 7.10. The maximum Gasteiger partial charge on any atom is 0.236 e. The minimum atomic E-state index is -0.112. The van der Waals surface area contributed by atoms with Crippen LogP contribution in [0.3, 0.4) is 0 Å². The summed E-state index contributed by atoms with van der Waals surface area (Å²) in [6.07, 6.45) is 6.76. The van der Waals surface area contributed by atoms with Gasteiger partial charge in [0, 0.05) is 58.3 Å². The molecule has 2 aliphatic heterocycles. The third kappa shape index (κ3) is 5.37. The minimum absolute atomic E-state index is 0.108. The fraction of sp³-hybridized carbons (Fsp3) is 0.667. The SMILES string of the molecule is CN=C(NCC1(c2ccccc2F)CC1)N1CCN(CC(=O)N2CCCCCC2)CC1. The van der Waals surface area contributed by atoms with Crippen molar-refractivity contribution in [2.75, 3.05) is 59.4 Å². The zero-order valence-electron chi connectivity index (χ0n) is 18.8. The molecule has 1 N–H and O–H groups in total. The Hall–Kier alpha value is -2.15. The van der Waals surface area contributed by atoms with Crippen molar-refractivity contribution in [1.82, 2.24) is 20.0 Å². The molecule has 4 rings (SSSR count). The van der Waals surface area contributed by atoms with E-state index in [4.69, 9.17) is 0 Å². The number of rotatable bonds is 5. The average Bonchev–Trinajstić information content (AvgIpc) is 3.60. The highest BCUT2D eigenvalue weighted by molar-refractivity contribution is 5.80. The van der Waals surface area contributed by atoms with E-state index in [0.29, 0.717) is 13.1 Å². The molecule has 1 aromatic carbocycles. The van der Waals surface area contributed by atoms with Crippen LogP contribution < -0.4 is 5.32 Å². The van der Waals surface area contributed by atoms with Gasteiger partial charge in [0.1, 0.15) is 5.82 Å². The molecule has 1 saturated carbocycles. The lowest BCUT2D eigenvalue weighted by atomic mass is 9.95. The summed E-state index contributed by atoms with van der Waals surface area (Å²) in [5, 5.41) is 3.50. The van der Waals surface area contributed by atoms with Crippen molar-refractivity contribution in [1.29, 1.82) is 0 Å². The van der Waals surface area contributed by atoms with Gasteiger partial charge in [-0.1, -0.05) is 31.0 Å². The van der Waals surface area contributed by atoms with E-state index in [9.17, 15) is 9.18 Å². The lowest BCUT2D eigenvalue weighted by Gasteiger charge is -2.37. The molecule has 3 aliphatic rings. The van der Waals surface area contributed by atoms with Crippen LogP contribution >= 0.6 is 0 Å². The van der Waals surface area contributed by atoms with Gasteiger partial charge in [0.2, 0.25) is 5.91 Å². The Balaban J connectivity index is 1.25. The van der Waals surface area contributed by atoms with E-state index < -0.39 is 0 Å². The monoisotopic (exact) mass is 429 g/mol. The zero-order chi connectivity index (χ0) is 21.7. The lowest BCUT2D eigenvalue weighted by molar-refractivity contribution is -0.132. The summed E-state index contributed by atoms with van der Waals surface area (Å²) in [6, 6.07) is 7.13. The normalized spacial score (nSPS) is 22.2. The van der Waals surface area contributed by atoms with Crippen LogP contribution in [0.25, 0.3) is 0 Å². The number of likely N-dealkylation sites (tertiary alicyclic amines) is 1. The molecule has 1 aliphatic carbocycles. The van der Waals surface area contributed by atoms with E-state index in [0.717, 1.165) is 76.5 Å². The number of nitrogens with zero attached hydrogens (tertiary/aromatic N) is 4. The Labute approximate surface area is 185 Å². The molecule has 0 unspecified atom stereocenters. The topological polar surface area (TPSA) is 51.2 Å². The fourth-order valence-corrected chi connectivity index (χ4v) is 4.89. The van der Waals surface area contributed by atoms with Crippen molar-refractivity contribution in [3.63, 3.8) is 0 Å². The quantitative estimate of drug-likeness (QED) is 0.577. The third-order valence-corrected chi connectivity index (χ3v) is 7.08. The van der Waals surface area contributed by atoms with Gasteiger partial charge in [-0.05, 0) is 37.3 Å². The van der Waals surface area contributed by atoms with Crippen molar-refractivity contribution in [3.8, 4) is 0 Å². The summed E-state index contributed by atoms with van der Waals surface area (Å²) in [4.78, 5) is 23.7. The predicted octanol–water partition coefficient (Wildman–Crippen LogP) is 2.45. The number of amides is 1. The number of nitrogens with one attached hydrogen (secondary N) is 1. The minimum Gasteiger partial charge on any atom is -0.355 e. The number of halogens is 1. The number of carbonyl (C=O) groups is 1. The fourth-order valence-electron chi connectivity index (χ4n) is 4.89. The first-order chi connectivity index (χ1) is 15.1. The molecule has 0 spiro atoms. The Bertz CT molecular complexity index is 778. The van der Waals surface area contributed by atoms with Crippen LogP contribution in [-0.2, 0) is 10.2 Å². The summed E-state index contributed by atoms with van der Waals surface area (Å²) < 4.78 is 14.3. The molecule has 7 heteroatoms. The highest BCUT2D eigenvalue weighted by Gasteiger charge is 2.46. The Morgan fingerprint density at radius 1 is 1.00 bits per heavy atom. The number of guanidine groups is 1. The highest BCUT2D eigenvalue weighted by atomic mass is 19.1. The molecule has 0 aromatic heterocycles. The van der Waals surface area contributed by atoms with E-state index in [1.165, 1.54) is 12.8 Å². The van der Waals surface area contributed by atoms with Gasteiger partial charge >= 0.3 is 0 Å². The number of hydrogen-bond acceptors (Lipinski definition) is 3. The van der Waals surface area contributed by atoms with Crippen LogP contribution in [0.2, 0.25) is 0 Å². The van der Waals surface area contributed by atoms with Crippen molar-refractivity contribution in [2.45, 2.75) is 43.9 Å². The smallest absolute Gasteiger partial charge is 0.236 e. The molecule has 170 valence electrons. The maximum atomic E-state index is 14.3. The Morgan fingerprint density at radius 3 is 2.29 bits per heavy atom. The first-order valence-electron chi connectivity index (χ1n) is 11.8. The average molecular weight is 430 g/mol. The lowest BCUT2D eigenvalue weighted by Crippen LogP contribution is -2.55. The first-order valence-corrected chi connectivity index (χ1v) is 11.8. The second-order valence-corrected chi connectivity index (χ2v) is 9.22. The van der Waals surface area contributed by atoms with Crippen LogP contribution in [-0.4, -0.2) is 86.0 Å². The summed E-state index contributed by atoms with van der Waals surface area (Å²) in [7, 11) is 1.81. The van der Waals surface area contributed by atoms with Gasteiger partial charge in [0.25, 0.3) is 0 Å². The molecule has 0 atom stereocenters. The predicted molar refractivity (Wildman–Crippen MR) is 122 cm³/mol. The summed E-state index contributed by atoms with van der Waals surface area (Å²) in [5.74, 6) is 1.04. The maximum absolute atomic E-state index is 14.3. The highest BCUT2D eigenvalue weighted by Crippen LogP contribution is 2.48. The summed E-state index contributed by atoms with van der Waals surface area (Å²) in [5.41, 5.74) is 0.706. The molecular formula is C24H36FN5O. The molecule has 0 radical (unpaired) electrons. The van der Waals surface area contributed by atoms with Gasteiger partial charge in [-0.25, -0.2) is 4.39 Å². The van der Waals surface area contributed by atoms with E-state index in [1.54, 1.807) is 19.2 Å². The van der Waals surface area contributed by atoms with Gasteiger partial charge in [-0.3, -0.25) is 14.7 Å². The van der Waals surface area contributed by atoms with Crippen LogP contribution in [0.4, 0.5) is 4.39 Å². The second kappa shape index (κ2) is 9.98. The summed E-state index contributed by atoms with van der Waals surface area (Å²) in [6.45, 7) is 6.47. The molecule has 3 fully saturated rings. The molecule has 6 nitrogen and oxygen atoms in total.